The van der Waals surface area contributed by atoms with Gasteiger partial charge in [0, 0.05) is 29.2 Å². The highest BCUT2D eigenvalue weighted by Gasteiger charge is 2.20. The fourth-order valence-corrected chi connectivity index (χ4v) is 2.10. The average molecular weight is 310 g/mol. The van der Waals surface area contributed by atoms with Gasteiger partial charge in [0.05, 0.1) is 0 Å². The second kappa shape index (κ2) is 5.92. The lowest BCUT2D eigenvalue weighted by Crippen LogP contribution is -2.50. The van der Waals surface area contributed by atoms with E-state index in [2.05, 4.69) is 5.32 Å². The van der Waals surface area contributed by atoms with Gasteiger partial charge >= 0.3 is 0 Å². The fourth-order valence-electron chi connectivity index (χ4n) is 1.81. The second-order valence-electron chi connectivity index (χ2n) is 4.55. The molecule has 0 radical (unpaired) electrons. The van der Waals surface area contributed by atoms with Crippen molar-refractivity contribution < 1.29 is 9.47 Å². The number of rotatable bonds is 4. The van der Waals surface area contributed by atoms with Gasteiger partial charge in [-0.1, -0.05) is 23.2 Å². The Bertz CT molecular complexity index is 597. The monoisotopic (exact) mass is 309 g/mol. The van der Waals surface area contributed by atoms with Gasteiger partial charge in [-0.15, -0.1) is 0 Å². The summed E-state index contributed by atoms with van der Waals surface area (Å²) in [6, 6.07) is 12.5. The minimum Gasteiger partial charge on any atom is -0.484 e. The Hall–Kier alpha value is -1.42. The summed E-state index contributed by atoms with van der Waals surface area (Å²) in [4.78, 5) is 0. The number of benzene rings is 2. The summed E-state index contributed by atoms with van der Waals surface area (Å²) in [5.41, 5.74) is 0. The Labute approximate surface area is 127 Å². The van der Waals surface area contributed by atoms with E-state index in [1.54, 1.807) is 30.3 Å². The van der Waals surface area contributed by atoms with Crippen molar-refractivity contribution in [1.29, 1.82) is 0 Å². The highest BCUT2D eigenvalue weighted by molar-refractivity contribution is 6.31. The van der Waals surface area contributed by atoms with Gasteiger partial charge in [0.2, 0.25) is 0 Å². The first kappa shape index (κ1) is 13.6. The topological polar surface area (TPSA) is 30.5 Å². The van der Waals surface area contributed by atoms with Crippen LogP contribution in [0.4, 0.5) is 0 Å². The summed E-state index contributed by atoms with van der Waals surface area (Å²) in [5.74, 6) is 2.00. The van der Waals surface area contributed by atoms with Gasteiger partial charge in [-0.25, -0.2) is 0 Å². The van der Waals surface area contributed by atoms with Gasteiger partial charge in [0.25, 0.3) is 0 Å². The first-order chi connectivity index (χ1) is 9.70. The van der Waals surface area contributed by atoms with Crippen LogP contribution in [0.15, 0.2) is 42.5 Å². The summed E-state index contributed by atoms with van der Waals surface area (Å²) in [7, 11) is 0. The number of nitrogens with one attached hydrogen (secondary N) is 1. The van der Waals surface area contributed by atoms with Crippen molar-refractivity contribution in [1.82, 2.24) is 5.32 Å². The Morgan fingerprint density at radius 3 is 2.25 bits per heavy atom. The molecule has 0 saturated carbocycles. The summed E-state index contributed by atoms with van der Waals surface area (Å²) in [6.45, 7) is 1.68. The minimum absolute atomic E-state index is 0.168. The van der Waals surface area contributed by atoms with Crippen molar-refractivity contribution in [3.8, 4) is 17.2 Å². The predicted molar refractivity (Wildman–Crippen MR) is 80.3 cm³/mol. The smallest absolute Gasteiger partial charge is 0.169 e. The molecule has 1 heterocycles. The molecule has 20 heavy (non-hydrogen) atoms. The van der Waals surface area contributed by atoms with Crippen LogP contribution in [0.25, 0.3) is 0 Å². The molecule has 0 amide bonds. The van der Waals surface area contributed by atoms with Crippen molar-refractivity contribution in [3.63, 3.8) is 0 Å². The Morgan fingerprint density at radius 1 is 0.900 bits per heavy atom. The standard InChI is InChI=1S/C15H13Cl2NO2/c16-10-1-4-12(5-2-10)19-14-6-3-11(17)7-15(14)20-13-8-18-9-13/h1-7,13,18H,8-9H2. The summed E-state index contributed by atoms with van der Waals surface area (Å²) in [6.07, 6.45) is 0.168. The quantitative estimate of drug-likeness (QED) is 0.921. The van der Waals surface area contributed by atoms with E-state index in [4.69, 9.17) is 32.7 Å². The molecule has 1 saturated heterocycles. The SMILES string of the molecule is Clc1ccc(Oc2ccc(Cl)cc2OC2CNC2)cc1. The zero-order chi connectivity index (χ0) is 13.9. The molecule has 3 rings (SSSR count). The van der Waals surface area contributed by atoms with E-state index in [0.717, 1.165) is 13.1 Å². The van der Waals surface area contributed by atoms with Crippen LogP contribution in [0, 0.1) is 0 Å². The molecule has 0 atom stereocenters. The van der Waals surface area contributed by atoms with Gasteiger partial charge in [-0.05, 0) is 36.4 Å². The molecule has 0 aliphatic carbocycles. The minimum atomic E-state index is 0.168. The normalized spacial score (nSPS) is 14.7. The first-order valence-corrected chi connectivity index (χ1v) is 7.06. The van der Waals surface area contributed by atoms with Gasteiger partial charge in [0.15, 0.2) is 11.5 Å². The fraction of sp³-hybridized carbons (Fsp3) is 0.200. The maximum Gasteiger partial charge on any atom is 0.169 e. The summed E-state index contributed by atoms with van der Waals surface area (Å²) in [5, 5.41) is 4.45. The molecule has 2 aromatic carbocycles. The molecule has 104 valence electrons. The number of hydrogen-bond donors (Lipinski definition) is 1. The zero-order valence-corrected chi connectivity index (χ0v) is 12.1. The largest absolute Gasteiger partial charge is 0.484 e. The molecule has 1 N–H and O–H groups in total. The van der Waals surface area contributed by atoms with E-state index in [1.165, 1.54) is 0 Å². The molecule has 0 unspecified atom stereocenters. The van der Waals surface area contributed by atoms with Crippen LogP contribution in [0.2, 0.25) is 10.0 Å². The van der Waals surface area contributed by atoms with Crippen LogP contribution in [0.1, 0.15) is 0 Å². The van der Waals surface area contributed by atoms with Crippen molar-refractivity contribution in [2.75, 3.05) is 13.1 Å². The molecule has 0 spiro atoms. The van der Waals surface area contributed by atoms with Crippen LogP contribution in [0.3, 0.4) is 0 Å². The van der Waals surface area contributed by atoms with E-state index in [1.807, 2.05) is 12.1 Å². The maximum absolute atomic E-state index is 6.02. The Kier molecular flexibility index (Phi) is 4.01. The van der Waals surface area contributed by atoms with Crippen molar-refractivity contribution in [2.24, 2.45) is 0 Å². The molecular formula is C15H13Cl2NO2. The molecule has 1 fully saturated rings. The van der Waals surface area contributed by atoms with Crippen LogP contribution in [-0.2, 0) is 0 Å². The number of halogens is 2. The van der Waals surface area contributed by atoms with Crippen molar-refractivity contribution >= 4 is 23.2 Å². The Balaban J connectivity index is 1.81. The third-order valence-corrected chi connectivity index (χ3v) is 3.47. The molecule has 0 aromatic heterocycles. The van der Waals surface area contributed by atoms with Gasteiger partial charge in [-0.2, -0.15) is 0 Å². The third-order valence-electron chi connectivity index (χ3n) is 2.98. The lowest BCUT2D eigenvalue weighted by atomic mass is 10.2. The third kappa shape index (κ3) is 3.18. The first-order valence-electron chi connectivity index (χ1n) is 6.31. The summed E-state index contributed by atoms with van der Waals surface area (Å²) >= 11 is 11.9. The van der Waals surface area contributed by atoms with E-state index >= 15 is 0 Å². The predicted octanol–water partition coefficient (Wildman–Crippen LogP) is 4.14. The van der Waals surface area contributed by atoms with Crippen LogP contribution >= 0.6 is 23.2 Å². The second-order valence-corrected chi connectivity index (χ2v) is 5.42. The van der Waals surface area contributed by atoms with Gasteiger partial charge < -0.3 is 14.8 Å². The van der Waals surface area contributed by atoms with Crippen LogP contribution in [-0.4, -0.2) is 19.2 Å². The average Bonchev–Trinajstić information content (AvgIpc) is 2.39. The summed E-state index contributed by atoms with van der Waals surface area (Å²) < 4.78 is 11.7. The zero-order valence-electron chi connectivity index (χ0n) is 10.6. The van der Waals surface area contributed by atoms with Crippen LogP contribution < -0.4 is 14.8 Å². The molecule has 2 aromatic rings. The molecule has 5 heteroatoms. The van der Waals surface area contributed by atoms with Gasteiger partial charge in [-0.3, -0.25) is 0 Å². The van der Waals surface area contributed by atoms with Crippen molar-refractivity contribution in [2.45, 2.75) is 6.10 Å². The maximum atomic E-state index is 6.02. The molecule has 0 bridgehead atoms. The lowest BCUT2D eigenvalue weighted by Gasteiger charge is -2.28. The molecule has 1 aliphatic rings. The lowest BCUT2D eigenvalue weighted by molar-refractivity contribution is 0.138. The highest BCUT2D eigenvalue weighted by Crippen LogP contribution is 2.35. The molecule has 1 aliphatic heterocycles. The van der Waals surface area contributed by atoms with E-state index < -0.39 is 0 Å². The number of ether oxygens (including phenoxy) is 2. The van der Waals surface area contributed by atoms with E-state index in [9.17, 15) is 0 Å². The van der Waals surface area contributed by atoms with Crippen molar-refractivity contribution in [3.05, 3.63) is 52.5 Å². The van der Waals surface area contributed by atoms with E-state index in [-0.39, 0.29) is 6.10 Å². The Morgan fingerprint density at radius 2 is 1.60 bits per heavy atom. The van der Waals surface area contributed by atoms with Gasteiger partial charge in [0.1, 0.15) is 11.9 Å². The molecular weight excluding hydrogens is 297 g/mol. The highest BCUT2D eigenvalue weighted by atomic mass is 35.5. The number of hydrogen-bond acceptors (Lipinski definition) is 3. The van der Waals surface area contributed by atoms with Crippen LogP contribution in [0.5, 0.6) is 17.2 Å². The molecule has 3 nitrogen and oxygen atoms in total. The van der Waals surface area contributed by atoms with E-state index in [0.29, 0.717) is 27.3 Å².